The van der Waals surface area contributed by atoms with E-state index >= 15 is 0 Å². The molecule has 4 aromatic rings. The van der Waals surface area contributed by atoms with E-state index in [2.05, 4.69) is 52.3 Å². The van der Waals surface area contributed by atoms with Crippen LogP contribution in [0.3, 0.4) is 0 Å². The van der Waals surface area contributed by atoms with Gasteiger partial charge >= 0.3 is 0 Å². The van der Waals surface area contributed by atoms with Crippen molar-refractivity contribution in [3.8, 4) is 11.1 Å². The third-order valence-corrected chi connectivity index (χ3v) is 6.82. The van der Waals surface area contributed by atoms with E-state index in [4.69, 9.17) is 28.8 Å². The van der Waals surface area contributed by atoms with Crippen molar-refractivity contribution in [2.75, 3.05) is 10.6 Å². The van der Waals surface area contributed by atoms with E-state index < -0.39 is 6.17 Å². The number of nitrogens with one attached hydrogen (secondary N) is 3. The molecule has 0 radical (unpaired) electrons. The number of rotatable bonds is 3. The molecule has 2 aliphatic rings. The number of amides is 1. The molecule has 176 valence electrons. The lowest BCUT2D eigenvalue weighted by Crippen LogP contribution is -2.44. The van der Waals surface area contributed by atoms with Gasteiger partial charge in [0, 0.05) is 21.8 Å². The second-order valence-electron chi connectivity index (χ2n) is 8.73. The second kappa shape index (κ2) is 9.22. The molecule has 1 atom stereocenters. The SMILES string of the molecule is O=C1Nc2ccc(Cl)cc2C(c2ccccc2)=NC1NC(=S)Nc1ccc2c(c1)Cc1ccccc1-2. The number of anilines is 2. The third-order valence-electron chi connectivity index (χ3n) is 6.37. The van der Waals surface area contributed by atoms with Crippen LogP contribution >= 0.6 is 23.8 Å². The quantitative estimate of drug-likeness (QED) is 0.261. The van der Waals surface area contributed by atoms with E-state index in [0.717, 1.165) is 23.2 Å². The highest BCUT2D eigenvalue weighted by Gasteiger charge is 2.27. The molecule has 1 aliphatic carbocycles. The van der Waals surface area contributed by atoms with Gasteiger partial charge in [0.05, 0.1) is 11.4 Å². The molecule has 1 aliphatic heterocycles. The normalized spacial score (nSPS) is 15.5. The first-order valence-corrected chi connectivity index (χ1v) is 12.4. The maximum absolute atomic E-state index is 13.1. The molecule has 1 unspecified atom stereocenters. The Bertz CT molecular complexity index is 1550. The molecular formula is C29H21ClN4OS. The summed E-state index contributed by atoms with van der Waals surface area (Å²) in [6.45, 7) is 0. The standard InChI is InChI=1S/C29H21ClN4OS/c30-20-10-13-25-24(16-20)26(17-6-2-1-3-7-17)33-27(28(35)32-25)34-29(36)31-21-11-12-23-19(15-21)14-18-8-4-5-9-22(18)23/h1-13,15-16,27H,14H2,(H,32,35)(H2,31,34,36). The minimum atomic E-state index is -0.926. The number of nitrogens with zero attached hydrogens (tertiary/aromatic N) is 1. The van der Waals surface area contributed by atoms with Gasteiger partial charge in [0.1, 0.15) is 0 Å². The molecule has 0 saturated heterocycles. The Morgan fingerprint density at radius 3 is 2.53 bits per heavy atom. The van der Waals surface area contributed by atoms with Crippen LogP contribution in [0.25, 0.3) is 11.1 Å². The summed E-state index contributed by atoms with van der Waals surface area (Å²) in [5, 5.41) is 10.1. The summed E-state index contributed by atoms with van der Waals surface area (Å²) in [6, 6.07) is 29.7. The molecule has 0 aromatic heterocycles. The molecule has 3 N–H and O–H groups in total. The maximum Gasteiger partial charge on any atom is 0.269 e. The van der Waals surface area contributed by atoms with Crippen LogP contribution in [-0.4, -0.2) is 22.9 Å². The summed E-state index contributed by atoms with van der Waals surface area (Å²) in [4.78, 5) is 17.9. The molecular weight excluding hydrogens is 488 g/mol. The lowest BCUT2D eigenvalue weighted by molar-refractivity contribution is -0.117. The fourth-order valence-corrected chi connectivity index (χ4v) is 5.12. The van der Waals surface area contributed by atoms with Gasteiger partial charge in [0.15, 0.2) is 5.11 Å². The van der Waals surface area contributed by atoms with Crippen molar-refractivity contribution < 1.29 is 4.79 Å². The summed E-state index contributed by atoms with van der Waals surface area (Å²) in [5.74, 6) is -0.307. The Kier molecular flexibility index (Phi) is 5.76. The molecule has 0 spiro atoms. The van der Waals surface area contributed by atoms with Gasteiger partial charge in [-0.1, -0.05) is 72.3 Å². The second-order valence-corrected chi connectivity index (χ2v) is 9.57. The van der Waals surface area contributed by atoms with E-state index in [1.54, 1.807) is 12.1 Å². The lowest BCUT2D eigenvalue weighted by Gasteiger charge is -2.17. The number of halogens is 1. The average Bonchev–Trinajstić information content (AvgIpc) is 3.19. The van der Waals surface area contributed by atoms with E-state index in [1.165, 1.54) is 22.3 Å². The van der Waals surface area contributed by atoms with Crippen LogP contribution in [0.5, 0.6) is 0 Å². The summed E-state index contributed by atoms with van der Waals surface area (Å²) < 4.78 is 0. The predicted octanol–water partition coefficient (Wildman–Crippen LogP) is 6.01. The van der Waals surface area contributed by atoms with Gasteiger partial charge in [-0.25, -0.2) is 4.99 Å². The molecule has 1 amide bonds. The number of carbonyl (C=O) groups is 1. The zero-order valence-electron chi connectivity index (χ0n) is 19.1. The van der Waals surface area contributed by atoms with Crippen LogP contribution in [0.4, 0.5) is 11.4 Å². The number of benzodiazepines with no additional fused rings is 1. The summed E-state index contributed by atoms with van der Waals surface area (Å²) in [5.41, 5.74) is 8.87. The smallest absolute Gasteiger partial charge is 0.269 e. The van der Waals surface area contributed by atoms with Crippen LogP contribution in [0, 0.1) is 0 Å². The Hall–Kier alpha value is -4.00. The lowest BCUT2D eigenvalue weighted by atomic mass is 10.0. The molecule has 0 bridgehead atoms. The van der Waals surface area contributed by atoms with Crippen LogP contribution in [0.15, 0.2) is 96.0 Å². The molecule has 7 heteroatoms. The van der Waals surface area contributed by atoms with Crippen molar-refractivity contribution in [2.45, 2.75) is 12.6 Å². The zero-order chi connectivity index (χ0) is 24.6. The van der Waals surface area contributed by atoms with Crippen molar-refractivity contribution in [1.82, 2.24) is 5.32 Å². The Balaban J connectivity index is 1.26. The molecule has 6 rings (SSSR count). The van der Waals surface area contributed by atoms with Crippen LogP contribution in [-0.2, 0) is 11.2 Å². The Morgan fingerprint density at radius 2 is 1.67 bits per heavy atom. The number of benzene rings is 4. The minimum Gasteiger partial charge on any atom is -0.333 e. The van der Waals surface area contributed by atoms with Crippen LogP contribution in [0.1, 0.15) is 22.3 Å². The highest BCUT2D eigenvalue weighted by molar-refractivity contribution is 7.80. The van der Waals surface area contributed by atoms with Gasteiger partial charge < -0.3 is 16.0 Å². The molecule has 1 heterocycles. The largest absolute Gasteiger partial charge is 0.333 e. The Labute approximate surface area is 219 Å². The predicted molar refractivity (Wildman–Crippen MR) is 150 cm³/mol. The van der Waals surface area contributed by atoms with E-state index in [-0.39, 0.29) is 5.91 Å². The van der Waals surface area contributed by atoms with Gasteiger partial charge in [-0.3, -0.25) is 4.79 Å². The number of hydrogen-bond acceptors (Lipinski definition) is 3. The van der Waals surface area contributed by atoms with E-state index in [1.807, 2.05) is 42.5 Å². The summed E-state index contributed by atoms with van der Waals surface area (Å²) in [7, 11) is 0. The van der Waals surface area contributed by atoms with Crippen molar-refractivity contribution in [3.05, 3.63) is 118 Å². The number of carbonyl (C=O) groups excluding carboxylic acids is 1. The van der Waals surface area contributed by atoms with Gasteiger partial charge in [-0.05, 0) is 71.2 Å². The molecule has 4 aromatic carbocycles. The van der Waals surface area contributed by atoms with Crippen LogP contribution in [0.2, 0.25) is 5.02 Å². The number of aliphatic imine (C=N–C) groups is 1. The van der Waals surface area contributed by atoms with Crippen molar-refractivity contribution >= 4 is 51.9 Å². The van der Waals surface area contributed by atoms with Crippen molar-refractivity contribution in [1.29, 1.82) is 0 Å². The van der Waals surface area contributed by atoms with Gasteiger partial charge in [0.2, 0.25) is 6.17 Å². The molecule has 36 heavy (non-hydrogen) atoms. The zero-order valence-corrected chi connectivity index (χ0v) is 20.7. The first-order valence-electron chi connectivity index (χ1n) is 11.6. The number of fused-ring (bicyclic) bond motifs is 4. The highest BCUT2D eigenvalue weighted by atomic mass is 35.5. The third kappa shape index (κ3) is 4.26. The monoisotopic (exact) mass is 508 g/mol. The fourth-order valence-electron chi connectivity index (χ4n) is 4.72. The number of thiocarbonyl (C=S) groups is 1. The molecule has 0 fully saturated rings. The van der Waals surface area contributed by atoms with Gasteiger partial charge in [-0.15, -0.1) is 0 Å². The first kappa shape index (κ1) is 22.5. The topological polar surface area (TPSA) is 65.5 Å². The highest BCUT2D eigenvalue weighted by Crippen LogP contribution is 2.37. The molecule has 0 saturated carbocycles. The van der Waals surface area contributed by atoms with E-state index in [9.17, 15) is 4.79 Å². The van der Waals surface area contributed by atoms with Crippen LogP contribution < -0.4 is 16.0 Å². The average molecular weight is 509 g/mol. The minimum absolute atomic E-state index is 0.307. The fraction of sp³-hybridized carbons (Fsp3) is 0.0690. The van der Waals surface area contributed by atoms with E-state index in [0.29, 0.717) is 21.5 Å². The maximum atomic E-state index is 13.1. The summed E-state index contributed by atoms with van der Waals surface area (Å²) in [6.07, 6.45) is -0.0392. The number of hydrogen-bond donors (Lipinski definition) is 3. The van der Waals surface area contributed by atoms with Crippen molar-refractivity contribution in [2.24, 2.45) is 4.99 Å². The van der Waals surface area contributed by atoms with Crippen molar-refractivity contribution in [3.63, 3.8) is 0 Å². The first-order chi connectivity index (χ1) is 17.5. The van der Waals surface area contributed by atoms with Gasteiger partial charge in [-0.2, -0.15) is 0 Å². The summed E-state index contributed by atoms with van der Waals surface area (Å²) >= 11 is 11.9. The van der Waals surface area contributed by atoms with Gasteiger partial charge in [0.25, 0.3) is 5.91 Å². The Morgan fingerprint density at radius 1 is 0.889 bits per heavy atom. The molecule has 5 nitrogen and oxygen atoms in total.